The number of ether oxygens (including phenoxy) is 1. The molecule has 9 heteroatoms. The molecule has 0 radical (unpaired) electrons. The Morgan fingerprint density at radius 1 is 1.19 bits per heavy atom. The van der Waals surface area contributed by atoms with Gasteiger partial charge in [0.1, 0.15) is 5.75 Å². The molecule has 26 heavy (non-hydrogen) atoms. The van der Waals surface area contributed by atoms with Crippen molar-refractivity contribution in [3.05, 3.63) is 58.1 Å². The van der Waals surface area contributed by atoms with Crippen molar-refractivity contribution in [1.29, 1.82) is 0 Å². The van der Waals surface area contributed by atoms with E-state index in [9.17, 15) is 4.79 Å². The number of amides is 1. The van der Waals surface area contributed by atoms with Gasteiger partial charge in [0.15, 0.2) is 5.96 Å². The van der Waals surface area contributed by atoms with Crippen LogP contribution in [0.1, 0.15) is 10.4 Å². The number of nitrogens with one attached hydrogen (secondary N) is 2. The first kappa shape index (κ1) is 22.3. The van der Waals surface area contributed by atoms with E-state index in [0.717, 1.165) is 0 Å². The van der Waals surface area contributed by atoms with Crippen molar-refractivity contribution in [2.75, 3.05) is 25.5 Å². The molecule has 0 spiro atoms. The van der Waals surface area contributed by atoms with Gasteiger partial charge in [-0.05, 0) is 30.3 Å². The summed E-state index contributed by atoms with van der Waals surface area (Å²) in [5, 5.41) is 6.52. The van der Waals surface area contributed by atoms with Crippen molar-refractivity contribution in [3.8, 4) is 5.75 Å². The van der Waals surface area contributed by atoms with Crippen LogP contribution in [-0.2, 0) is 0 Å². The molecule has 0 fully saturated rings. The molecule has 4 N–H and O–H groups in total. The number of aliphatic imine (C=N–C) groups is 1. The molecular formula is C17H19Cl2IN4O2. The van der Waals surface area contributed by atoms with Gasteiger partial charge in [-0.2, -0.15) is 0 Å². The van der Waals surface area contributed by atoms with E-state index < -0.39 is 0 Å². The summed E-state index contributed by atoms with van der Waals surface area (Å²) in [6, 6.07) is 12.0. The largest absolute Gasteiger partial charge is 0.495 e. The molecular weight excluding hydrogens is 490 g/mol. The number of methoxy groups -OCH3 is 1. The van der Waals surface area contributed by atoms with Crippen LogP contribution in [-0.4, -0.2) is 32.1 Å². The standard InChI is InChI=1S/C17H18Cl2N4O2.HI/c1-25-15-7-6-11(10-14(15)19)23-17(20)22-9-8-21-16(24)12-4-2-3-5-13(12)18;/h2-7,10H,8-9H2,1H3,(H,21,24)(H3,20,22,23);1H. The maximum absolute atomic E-state index is 12.0. The van der Waals surface area contributed by atoms with E-state index in [1.54, 1.807) is 49.6 Å². The minimum Gasteiger partial charge on any atom is -0.495 e. The van der Waals surface area contributed by atoms with Crippen LogP contribution in [0.3, 0.4) is 0 Å². The molecule has 0 unspecified atom stereocenters. The first-order valence-corrected chi connectivity index (χ1v) is 8.20. The highest BCUT2D eigenvalue weighted by Crippen LogP contribution is 2.26. The smallest absolute Gasteiger partial charge is 0.252 e. The van der Waals surface area contributed by atoms with E-state index in [0.29, 0.717) is 40.1 Å². The summed E-state index contributed by atoms with van der Waals surface area (Å²) in [6.07, 6.45) is 0. The number of carbonyl (C=O) groups is 1. The lowest BCUT2D eigenvalue weighted by Crippen LogP contribution is -2.28. The Morgan fingerprint density at radius 2 is 1.92 bits per heavy atom. The summed E-state index contributed by atoms with van der Waals surface area (Å²) in [4.78, 5) is 16.1. The van der Waals surface area contributed by atoms with Crippen molar-refractivity contribution >= 4 is 64.7 Å². The molecule has 0 aliphatic carbocycles. The highest BCUT2D eigenvalue weighted by Gasteiger charge is 2.08. The normalized spacial score (nSPS) is 10.7. The van der Waals surface area contributed by atoms with Crippen LogP contribution in [0.2, 0.25) is 10.0 Å². The van der Waals surface area contributed by atoms with Crippen LogP contribution in [0, 0.1) is 0 Å². The van der Waals surface area contributed by atoms with E-state index >= 15 is 0 Å². The average Bonchev–Trinajstić information content (AvgIpc) is 2.59. The molecule has 140 valence electrons. The van der Waals surface area contributed by atoms with E-state index in [1.165, 1.54) is 0 Å². The van der Waals surface area contributed by atoms with Gasteiger partial charge in [-0.3, -0.25) is 9.79 Å². The molecule has 2 aromatic carbocycles. The molecule has 0 aliphatic rings. The molecule has 0 bridgehead atoms. The van der Waals surface area contributed by atoms with Crippen molar-refractivity contribution in [2.24, 2.45) is 10.7 Å². The zero-order chi connectivity index (χ0) is 18.2. The number of rotatable bonds is 6. The van der Waals surface area contributed by atoms with Gasteiger partial charge in [-0.1, -0.05) is 35.3 Å². The third kappa shape index (κ3) is 6.54. The second-order valence-electron chi connectivity index (χ2n) is 4.98. The topological polar surface area (TPSA) is 88.7 Å². The summed E-state index contributed by atoms with van der Waals surface area (Å²) in [5.41, 5.74) is 6.92. The number of carbonyl (C=O) groups excluding carboxylic acids is 1. The second kappa shape index (κ2) is 11.1. The summed E-state index contributed by atoms with van der Waals surface area (Å²) in [7, 11) is 1.54. The summed E-state index contributed by atoms with van der Waals surface area (Å²) in [5.74, 6) is 0.535. The Labute approximate surface area is 179 Å². The molecule has 2 rings (SSSR count). The number of benzene rings is 2. The molecule has 0 saturated heterocycles. The number of guanidine groups is 1. The molecule has 0 heterocycles. The summed E-state index contributed by atoms with van der Waals surface area (Å²) in [6.45, 7) is 0.648. The molecule has 1 amide bonds. The van der Waals surface area contributed by atoms with Crippen LogP contribution >= 0.6 is 47.2 Å². The van der Waals surface area contributed by atoms with Crippen LogP contribution in [0.4, 0.5) is 5.69 Å². The Kier molecular flexibility index (Phi) is 9.53. The first-order valence-electron chi connectivity index (χ1n) is 7.44. The van der Waals surface area contributed by atoms with Gasteiger partial charge >= 0.3 is 0 Å². The fourth-order valence-corrected chi connectivity index (χ4v) is 2.50. The second-order valence-corrected chi connectivity index (χ2v) is 5.79. The Hall–Kier alpha value is -1.71. The Morgan fingerprint density at radius 3 is 2.58 bits per heavy atom. The van der Waals surface area contributed by atoms with E-state index in [1.807, 2.05) is 0 Å². The van der Waals surface area contributed by atoms with Gasteiger partial charge in [-0.25, -0.2) is 0 Å². The lowest BCUT2D eigenvalue weighted by Gasteiger charge is -2.09. The van der Waals surface area contributed by atoms with Crippen LogP contribution in [0.5, 0.6) is 5.75 Å². The Balaban J connectivity index is 0.00000338. The van der Waals surface area contributed by atoms with Crippen LogP contribution in [0.15, 0.2) is 47.5 Å². The van der Waals surface area contributed by atoms with Crippen molar-refractivity contribution < 1.29 is 9.53 Å². The van der Waals surface area contributed by atoms with Gasteiger partial charge in [0, 0.05) is 12.2 Å². The predicted octanol–water partition coefficient (Wildman–Crippen LogP) is 3.78. The minimum absolute atomic E-state index is 0. The van der Waals surface area contributed by atoms with E-state index in [-0.39, 0.29) is 35.8 Å². The SMILES string of the molecule is COc1ccc(NC(N)=NCCNC(=O)c2ccccc2Cl)cc1Cl.I. The van der Waals surface area contributed by atoms with Crippen molar-refractivity contribution in [1.82, 2.24) is 5.32 Å². The monoisotopic (exact) mass is 508 g/mol. The summed E-state index contributed by atoms with van der Waals surface area (Å²) >= 11 is 12.0. The van der Waals surface area contributed by atoms with E-state index in [2.05, 4.69) is 15.6 Å². The van der Waals surface area contributed by atoms with Gasteiger partial charge in [-0.15, -0.1) is 24.0 Å². The first-order chi connectivity index (χ1) is 12.0. The molecule has 0 atom stereocenters. The third-order valence-corrected chi connectivity index (χ3v) is 3.85. The maximum Gasteiger partial charge on any atom is 0.252 e. The zero-order valence-electron chi connectivity index (χ0n) is 14.0. The highest BCUT2D eigenvalue weighted by atomic mass is 127. The van der Waals surface area contributed by atoms with Gasteiger partial charge in [0.2, 0.25) is 0 Å². The van der Waals surface area contributed by atoms with Crippen LogP contribution in [0.25, 0.3) is 0 Å². The van der Waals surface area contributed by atoms with Gasteiger partial charge < -0.3 is 21.1 Å². The lowest BCUT2D eigenvalue weighted by molar-refractivity contribution is 0.0955. The maximum atomic E-state index is 12.0. The van der Waals surface area contributed by atoms with Crippen molar-refractivity contribution in [2.45, 2.75) is 0 Å². The van der Waals surface area contributed by atoms with Gasteiger partial charge in [0.25, 0.3) is 5.91 Å². The number of nitrogens with two attached hydrogens (primary N) is 1. The fourth-order valence-electron chi connectivity index (χ4n) is 2.02. The number of halogens is 3. The number of hydrogen-bond donors (Lipinski definition) is 3. The number of hydrogen-bond acceptors (Lipinski definition) is 3. The fraction of sp³-hybridized carbons (Fsp3) is 0.176. The zero-order valence-corrected chi connectivity index (χ0v) is 17.8. The van der Waals surface area contributed by atoms with Crippen molar-refractivity contribution in [3.63, 3.8) is 0 Å². The predicted molar refractivity (Wildman–Crippen MR) is 117 cm³/mol. The molecule has 2 aromatic rings. The van der Waals surface area contributed by atoms with Gasteiger partial charge in [0.05, 0.1) is 29.3 Å². The molecule has 0 aliphatic heterocycles. The molecule has 0 aromatic heterocycles. The number of anilines is 1. The minimum atomic E-state index is -0.255. The quantitative estimate of drug-likeness (QED) is 0.240. The average molecular weight is 509 g/mol. The molecule has 0 saturated carbocycles. The highest BCUT2D eigenvalue weighted by molar-refractivity contribution is 14.0. The summed E-state index contributed by atoms with van der Waals surface area (Å²) < 4.78 is 5.08. The van der Waals surface area contributed by atoms with Crippen LogP contribution < -0.4 is 21.1 Å². The third-order valence-electron chi connectivity index (χ3n) is 3.22. The lowest BCUT2D eigenvalue weighted by atomic mass is 10.2. The van der Waals surface area contributed by atoms with E-state index in [4.69, 9.17) is 33.7 Å². The Bertz CT molecular complexity index is 787. The number of nitrogens with zero attached hydrogens (tertiary/aromatic N) is 1. The molecule has 6 nitrogen and oxygen atoms in total.